The van der Waals surface area contributed by atoms with Gasteiger partial charge in [0.05, 0.1) is 24.2 Å². The van der Waals surface area contributed by atoms with Crippen molar-refractivity contribution in [3.8, 4) is 11.5 Å². The molecule has 0 saturated heterocycles. The van der Waals surface area contributed by atoms with Crippen molar-refractivity contribution in [3.05, 3.63) is 78.8 Å². The van der Waals surface area contributed by atoms with Gasteiger partial charge in [-0.15, -0.1) is 0 Å². The summed E-state index contributed by atoms with van der Waals surface area (Å²) in [6.45, 7) is 0.137. The maximum absolute atomic E-state index is 12.8. The van der Waals surface area contributed by atoms with E-state index in [1.54, 1.807) is 42.5 Å². The summed E-state index contributed by atoms with van der Waals surface area (Å²) in [5, 5.41) is 5.54. The smallest absolute Gasteiger partial charge is 0.244 e. The number of amides is 3. The zero-order valence-electron chi connectivity index (χ0n) is 20.1. The van der Waals surface area contributed by atoms with Crippen LogP contribution in [0.4, 0.5) is 17.1 Å². The molecule has 0 aliphatic carbocycles. The fourth-order valence-corrected chi connectivity index (χ4v) is 4.11. The second-order valence-corrected chi connectivity index (χ2v) is 8.45. The van der Waals surface area contributed by atoms with E-state index in [1.165, 1.54) is 12.0 Å². The highest BCUT2D eigenvalue weighted by molar-refractivity contribution is 6.10. The first kappa shape index (κ1) is 23.9. The summed E-state index contributed by atoms with van der Waals surface area (Å²) >= 11 is 0. The number of nitrogens with one attached hydrogen (secondary N) is 2. The van der Waals surface area contributed by atoms with Crippen molar-refractivity contribution in [2.75, 3.05) is 29.2 Å². The van der Waals surface area contributed by atoms with Crippen LogP contribution in [0.5, 0.6) is 11.5 Å². The highest BCUT2D eigenvalue weighted by atomic mass is 16.5. The predicted octanol–water partition coefficient (Wildman–Crippen LogP) is 3.63. The lowest BCUT2D eigenvalue weighted by Crippen LogP contribution is -2.42. The third-order valence-corrected chi connectivity index (χ3v) is 5.87. The fourth-order valence-electron chi connectivity index (χ4n) is 4.11. The molecule has 10 nitrogen and oxygen atoms in total. The van der Waals surface area contributed by atoms with Crippen LogP contribution in [0.15, 0.2) is 73.1 Å². The van der Waals surface area contributed by atoms with Crippen LogP contribution in [0.2, 0.25) is 0 Å². The standard InChI is InChI=1S/C27H25N5O5/c1-36-22-10-9-18(14-23(22)37-17-19-15-31-13-5-4-8-24(31)28-19)29-25(33)11-12-27(35)32-16-26(34)30-20-6-2-3-7-21(20)32/h2-10,13-15H,11-12,16-17H2,1H3,(H,29,33)(H,30,34). The van der Waals surface area contributed by atoms with Crippen LogP contribution in [0.1, 0.15) is 18.5 Å². The lowest BCUT2D eigenvalue weighted by molar-refractivity contribution is -0.124. The molecule has 2 aromatic carbocycles. The maximum Gasteiger partial charge on any atom is 0.244 e. The van der Waals surface area contributed by atoms with Gasteiger partial charge in [-0.05, 0) is 36.4 Å². The second kappa shape index (κ2) is 10.4. The molecule has 0 spiro atoms. The summed E-state index contributed by atoms with van der Waals surface area (Å²) in [7, 11) is 1.54. The average Bonchev–Trinajstić information content (AvgIpc) is 3.33. The molecule has 3 heterocycles. The minimum atomic E-state index is -0.334. The summed E-state index contributed by atoms with van der Waals surface area (Å²) in [5.74, 6) is 0.0532. The largest absolute Gasteiger partial charge is 0.493 e. The van der Waals surface area contributed by atoms with Crippen molar-refractivity contribution < 1.29 is 23.9 Å². The third-order valence-electron chi connectivity index (χ3n) is 5.87. The number of para-hydroxylation sites is 2. The number of carbonyl (C=O) groups is 3. The van der Waals surface area contributed by atoms with Gasteiger partial charge in [0.15, 0.2) is 11.5 Å². The molecule has 10 heteroatoms. The number of methoxy groups -OCH3 is 1. The predicted molar refractivity (Wildman–Crippen MR) is 138 cm³/mol. The first-order valence-electron chi connectivity index (χ1n) is 11.7. The Kier molecular flexibility index (Phi) is 6.71. The highest BCUT2D eigenvalue weighted by Crippen LogP contribution is 2.32. The topological polar surface area (TPSA) is 114 Å². The maximum atomic E-state index is 12.8. The van der Waals surface area contributed by atoms with Crippen molar-refractivity contribution in [1.29, 1.82) is 0 Å². The Hall–Kier alpha value is -4.86. The summed E-state index contributed by atoms with van der Waals surface area (Å²) < 4.78 is 13.2. The number of hydrogen-bond donors (Lipinski definition) is 2. The van der Waals surface area contributed by atoms with Crippen molar-refractivity contribution >= 4 is 40.4 Å². The number of fused-ring (bicyclic) bond motifs is 2. The van der Waals surface area contributed by atoms with Crippen LogP contribution >= 0.6 is 0 Å². The van der Waals surface area contributed by atoms with Gasteiger partial charge in [0.1, 0.15) is 18.8 Å². The van der Waals surface area contributed by atoms with E-state index in [4.69, 9.17) is 9.47 Å². The SMILES string of the molecule is COc1ccc(NC(=O)CCC(=O)N2CC(=O)Nc3ccccc32)cc1OCc1cn2ccccc2n1. The van der Waals surface area contributed by atoms with Gasteiger partial charge in [-0.3, -0.25) is 14.4 Å². The van der Waals surface area contributed by atoms with Crippen molar-refractivity contribution in [3.63, 3.8) is 0 Å². The van der Waals surface area contributed by atoms with Crippen molar-refractivity contribution in [2.24, 2.45) is 0 Å². The van der Waals surface area contributed by atoms with E-state index in [1.807, 2.05) is 35.0 Å². The van der Waals surface area contributed by atoms with Crippen LogP contribution in [0.3, 0.4) is 0 Å². The van der Waals surface area contributed by atoms with Crippen molar-refractivity contribution in [2.45, 2.75) is 19.4 Å². The van der Waals surface area contributed by atoms with Crippen LogP contribution in [0, 0.1) is 0 Å². The number of hydrogen-bond acceptors (Lipinski definition) is 6. The van der Waals surface area contributed by atoms with E-state index in [0.29, 0.717) is 28.6 Å². The fraction of sp³-hybridized carbons (Fsp3) is 0.185. The molecule has 37 heavy (non-hydrogen) atoms. The summed E-state index contributed by atoms with van der Waals surface area (Å²) in [6, 6.07) is 17.9. The van der Waals surface area contributed by atoms with Crippen molar-refractivity contribution in [1.82, 2.24) is 9.38 Å². The minimum Gasteiger partial charge on any atom is -0.493 e. The van der Waals surface area contributed by atoms with Crippen LogP contribution in [-0.2, 0) is 21.0 Å². The number of carbonyl (C=O) groups excluding carboxylic acids is 3. The number of anilines is 3. The van der Waals surface area contributed by atoms with Gasteiger partial charge < -0.3 is 29.4 Å². The van der Waals surface area contributed by atoms with E-state index in [2.05, 4.69) is 15.6 Å². The first-order valence-corrected chi connectivity index (χ1v) is 11.7. The number of aromatic nitrogens is 2. The summed E-state index contributed by atoms with van der Waals surface area (Å²) in [4.78, 5) is 43.3. The Bertz CT molecular complexity index is 1450. The van der Waals surface area contributed by atoms with Gasteiger partial charge in [0.25, 0.3) is 0 Å². The Morgan fingerprint density at radius 1 is 1.05 bits per heavy atom. The molecule has 188 valence electrons. The van der Waals surface area contributed by atoms with E-state index >= 15 is 0 Å². The summed E-state index contributed by atoms with van der Waals surface area (Å²) in [5.41, 5.74) is 3.26. The van der Waals surface area contributed by atoms with Gasteiger partial charge in [-0.2, -0.15) is 0 Å². The number of ether oxygens (including phenoxy) is 2. The third kappa shape index (κ3) is 5.37. The number of rotatable bonds is 8. The molecule has 1 aliphatic heterocycles. The quantitative estimate of drug-likeness (QED) is 0.383. The zero-order chi connectivity index (χ0) is 25.8. The van der Waals surface area contributed by atoms with Crippen LogP contribution in [-0.4, -0.2) is 40.8 Å². The molecule has 5 rings (SSSR count). The molecule has 3 amide bonds. The molecule has 0 fully saturated rings. The Morgan fingerprint density at radius 2 is 1.89 bits per heavy atom. The molecular weight excluding hydrogens is 474 g/mol. The molecule has 2 aromatic heterocycles. The molecule has 4 aromatic rings. The van der Waals surface area contributed by atoms with Gasteiger partial charge in [-0.25, -0.2) is 4.98 Å². The minimum absolute atomic E-state index is 0.0391. The average molecular weight is 500 g/mol. The van der Waals surface area contributed by atoms with E-state index in [-0.39, 0.29) is 43.7 Å². The lowest BCUT2D eigenvalue weighted by atomic mass is 10.1. The number of imidazole rings is 1. The second-order valence-electron chi connectivity index (χ2n) is 8.45. The van der Waals surface area contributed by atoms with Crippen LogP contribution < -0.4 is 25.0 Å². The number of nitrogens with zero attached hydrogens (tertiary/aromatic N) is 3. The van der Waals surface area contributed by atoms with Gasteiger partial charge >= 0.3 is 0 Å². The van der Waals surface area contributed by atoms with Gasteiger partial charge in [0, 0.05) is 37.0 Å². The Balaban J connectivity index is 1.20. The number of benzene rings is 2. The Labute approximate surface area is 212 Å². The molecule has 1 aliphatic rings. The summed E-state index contributed by atoms with van der Waals surface area (Å²) in [6.07, 6.45) is 3.71. The molecular formula is C27H25N5O5. The van der Waals surface area contributed by atoms with E-state index in [0.717, 1.165) is 11.3 Å². The monoisotopic (exact) mass is 499 g/mol. The molecule has 0 atom stereocenters. The molecule has 0 bridgehead atoms. The lowest BCUT2D eigenvalue weighted by Gasteiger charge is -2.29. The highest BCUT2D eigenvalue weighted by Gasteiger charge is 2.26. The molecule has 2 N–H and O–H groups in total. The zero-order valence-corrected chi connectivity index (χ0v) is 20.1. The molecule has 0 unspecified atom stereocenters. The Morgan fingerprint density at radius 3 is 2.73 bits per heavy atom. The molecule has 0 saturated carbocycles. The molecule has 0 radical (unpaired) electrons. The van der Waals surface area contributed by atoms with E-state index in [9.17, 15) is 14.4 Å². The first-order chi connectivity index (χ1) is 18.0. The van der Waals surface area contributed by atoms with Gasteiger partial charge in [-0.1, -0.05) is 18.2 Å². The number of pyridine rings is 1. The van der Waals surface area contributed by atoms with Crippen LogP contribution in [0.25, 0.3) is 5.65 Å². The normalized spacial score (nSPS) is 12.6. The van der Waals surface area contributed by atoms with Gasteiger partial charge in [0.2, 0.25) is 17.7 Å². The van der Waals surface area contributed by atoms with E-state index < -0.39 is 0 Å².